The fraction of sp³-hybridized carbons (Fsp3) is 0.211. The zero-order valence-corrected chi connectivity index (χ0v) is 24.0. The van der Waals surface area contributed by atoms with Crippen molar-refractivity contribution in [1.82, 2.24) is 29.9 Å². The molecule has 2 saturated carbocycles. The minimum absolute atomic E-state index is 0.257. The van der Waals surface area contributed by atoms with Gasteiger partial charge in [-0.2, -0.15) is 0 Å². The molecular weight excluding hydrogens is 540 g/mol. The van der Waals surface area contributed by atoms with E-state index < -0.39 is 0 Å². The van der Waals surface area contributed by atoms with E-state index >= 15 is 0 Å². The molecule has 6 aromatic heterocycles. The highest BCUT2D eigenvalue weighted by Gasteiger charge is 2.56. The Hall–Kier alpha value is -5.10. The molecule has 6 nitrogen and oxygen atoms in total. The smallest absolute Gasteiger partial charge is 0.0303 e. The van der Waals surface area contributed by atoms with Crippen LogP contribution in [-0.4, -0.2) is 29.9 Å². The molecule has 4 bridgehead atoms. The van der Waals surface area contributed by atoms with Gasteiger partial charge in [-0.25, -0.2) is 0 Å². The van der Waals surface area contributed by atoms with Gasteiger partial charge in [-0.1, -0.05) is 12.1 Å². The van der Waals surface area contributed by atoms with E-state index in [4.69, 9.17) is 9.97 Å². The fourth-order valence-electron chi connectivity index (χ4n) is 8.84. The Bertz CT molecular complexity index is 1640. The summed E-state index contributed by atoms with van der Waals surface area (Å²) in [6.07, 6.45) is 23.8. The summed E-state index contributed by atoms with van der Waals surface area (Å²) in [5, 5.41) is 0. The Kier molecular flexibility index (Phi) is 5.93. The Labute approximate surface area is 256 Å². The second kappa shape index (κ2) is 10.3. The molecule has 3 aliphatic carbocycles. The molecule has 2 fully saturated rings. The number of aromatic nitrogens is 6. The molecule has 0 aliphatic heterocycles. The molecule has 0 aromatic carbocycles. The molecule has 8 atom stereocenters. The van der Waals surface area contributed by atoms with Gasteiger partial charge in [0, 0.05) is 98.0 Å². The molecule has 0 amide bonds. The van der Waals surface area contributed by atoms with Crippen molar-refractivity contribution in [2.45, 2.75) is 47.3 Å². The topological polar surface area (TPSA) is 77.3 Å². The number of fused-ring (bicyclic) bond motifs is 10. The molecule has 0 N–H and O–H groups in total. The summed E-state index contributed by atoms with van der Waals surface area (Å²) in [5.41, 5.74) is 10.4. The lowest BCUT2D eigenvalue weighted by Crippen LogP contribution is -2.43. The minimum Gasteiger partial charge on any atom is -0.265 e. The Morgan fingerprint density at radius 3 is 0.682 bits per heavy atom. The van der Waals surface area contributed by atoms with E-state index in [2.05, 4.69) is 105 Å². The van der Waals surface area contributed by atoms with Gasteiger partial charge in [-0.15, -0.1) is 0 Å². The highest BCUT2D eigenvalue weighted by molar-refractivity contribution is 5.53. The maximum Gasteiger partial charge on any atom is 0.0303 e. The van der Waals surface area contributed by atoms with E-state index in [-0.39, 0.29) is 47.3 Å². The summed E-state index contributed by atoms with van der Waals surface area (Å²) in [6.45, 7) is 0. The maximum atomic E-state index is 4.95. The molecule has 0 unspecified atom stereocenters. The van der Waals surface area contributed by atoms with Crippen LogP contribution >= 0.6 is 0 Å². The largest absolute Gasteiger partial charge is 0.265 e. The normalized spacial score (nSPS) is 28.0. The molecule has 0 saturated heterocycles. The number of hydrogen-bond acceptors (Lipinski definition) is 6. The Morgan fingerprint density at radius 1 is 0.250 bits per heavy atom. The van der Waals surface area contributed by atoms with Crippen LogP contribution in [0.25, 0.3) is 0 Å². The molecule has 3 aliphatic rings. The molecule has 6 heterocycles. The van der Waals surface area contributed by atoms with E-state index in [0.717, 1.165) is 0 Å². The van der Waals surface area contributed by atoms with Crippen LogP contribution in [0.15, 0.2) is 135 Å². The first-order valence-electron chi connectivity index (χ1n) is 15.4. The van der Waals surface area contributed by atoms with Gasteiger partial charge in [0.15, 0.2) is 0 Å². The second-order valence-corrected chi connectivity index (χ2v) is 12.4. The van der Waals surface area contributed by atoms with Crippen LogP contribution in [0.1, 0.15) is 91.9 Å². The first kappa shape index (κ1) is 25.4. The minimum atomic E-state index is 0.257. The number of rotatable bonds is 4. The zero-order valence-electron chi connectivity index (χ0n) is 24.0. The molecule has 0 radical (unpaired) electrons. The average molecular weight is 571 g/mol. The van der Waals surface area contributed by atoms with E-state index in [1.807, 2.05) is 49.6 Å². The van der Waals surface area contributed by atoms with Crippen LogP contribution in [0.3, 0.4) is 0 Å². The average Bonchev–Trinajstić information content (AvgIpc) is 3.06. The lowest BCUT2D eigenvalue weighted by Gasteiger charge is -2.56. The second-order valence-electron chi connectivity index (χ2n) is 12.4. The van der Waals surface area contributed by atoms with Gasteiger partial charge in [0.05, 0.1) is 0 Å². The third-order valence-corrected chi connectivity index (χ3v) is 10.6. The van der Waals surface area contributed by atoms with Gasteiger partial charge < -0.3 is 0 Å². The summed E-state index contributed by atoms with van der Waals surface area (Å²) in [4.78, 5) is 27.3. The van der Waals surface area contributed by atoms with E-state index in [1.54, 1.807) is 0 Å². The van der Waals surface area contributed by atoms with E-state index in [1.165, 1.54) is 44.5 Å². The van der Waals surface area contributed by atoms with Gasteiger partial charge >= 0.3 is 0 Å². The predicted octanol–water partition coefficient (Wildman–Crippen LogP) is 7.27. The molecule has 9 rings (SSSR count). The van der Waals surface area contributed by atoms with Crippen LogP contribution in [0.5, 0.6) is 0 Å². The van der Waals surface area contributed by atoms with Crippen molar-refractivity contribution in [2.24, 2.45) is 0 Å². The molecule has 6 heteroatoms. The summed E-state index contributed by atoms with van der Waals surface area (Å²) in [6, 6.07) is 22.4. The monoisotopic (exact) mass is 570 g/mol. The van der Waals surface area contributed by atoms with Crippen molar-refractivity contribution in [3.05, 3.63) is 180 Å². The maximum absolute atomic E-state index is 4.95. The summed E-state index contributed by atoms with van der Waals surface area (Å²) in [5.74, 6) is 2.15. The SMILES string of the molecule is c1cc([C@@H]2[C@H](c3ccncc3)[C@H]3c4cncc(c4)[C@H]4[C@H](c5ccncc5)[C@H](c5ccncc5)[C@H]4c4cncc(c4)[C@@H]23)ccn1. The molecule has 44 heavy (non-hydrogen) atoms. The lowest BCUT2D eigenvalue weighted by molar-refractivity contribution is 0.215. The van der Waals surface area contributed by atoms with Gasteiger partial charge in [0.1, 0.15) is 0 Å². The Balaban J connectivity index is 1.26. The third-order valence-electron chi connectivity index (χ3n) is 10.6. The highest BCUT2D eigenvalue weighted by atomic mass is 14.7. The van der Waals surface area contributed by atoms with Gasteiger partial charge in [0.25, 0.3) is 0 Å². The molecule has 6 aromatic rings. The predicted molar refractivity (Wildman–Crippen MR) is 167 cm³/mol. The molecule has 212 valence electrons. The van der Waals surface area contributed by atoms with Crippen LogP contribution in [0.2, 0.25) is 0 Å². The van der Waals surface area contributed by atoms with Crippen molar-refractivity contribution in [1.29, 1.82) is 0 Å². The number of pyridine rings is 6. The zero-order chi connectivity index (χ0) is 29.0. The first-order valence-corrected chi connectivity index (χ1v) is 15.4. The van der Waals surface area contributed by atoms with E-state index in [0.29, 0.717) is 0 Å². The highest BCUT2D eigenvalue weighted by Crippen LogP contribution is 2.70. The van der Waals surface area contributed by atoms with Crippen LogP contribution in [-0.2, 0) is 0 Å². The van der Waals surface area contributed by atoms with Crippen molar-refractivity contribution in [3.8, 4) is 0 Å². The Morgan fingerprint density at radius 2 is 0.455 bits per heavy atom. The van der Waals surface area contributed by atoms with Gasteiger partial charge in [-0.05, 0) is 117 Å². The van der Waals surface area contributed by atoms with E-state index in [9.17, 15) is 0 Å². The van der Waals surface area contributed by atoms with Crippen molar-refractivity contribution < 1.29 is 0 Å². The van der Waals surface area contributed by atoms with Crippen molar-refractivity contribution in [3.63, 3.8) is 0 Å². The van der Waals surface area contributed by atoms with Gasteiger partial charge in [0.2, 0.25) is 0 Å². The van der Waals surface area contributed by atoms with Gasteiger partial charge in [-0.3, -0.25) is 29.9 Å². The van der Waals surface area contributed by atoms with Crippen LogP contribution in [0, 0.1) is 0 Å². The fourth-order valence-corrected chi connectivity index (χ4v) is 8.84. The quantitative estimate of drug-likeness (QED) is 0.222. The lowest BCUT2D eigenvalue weighted by atomic mass is 9.47. The first-order chi connectivity index (χ1) is 21.9. The number of hydrogen-bond donors (Lipinski definition) is 0. The summed E-state index contributed by atoms with van der Waals surface area (Å²) >= 11 is 0. The molecule has 0 spiro atoms. The summed E-state index contributed by atoms with van der Waals surface area (Å²) < 4.78 is 0. The van der Waals surface area contributed by atoms with Crippen LogP contribution < -0.4 is 0 Å². The summed E-state index contributed by atoms with van der Waals surface area (Å²) in [7, 11) is 0. The third kappa shape index (κ3) is 3.87. The number of nitrogens with zero attached hydrogens (tertiary/aromatic N) is 6. The standard InChI is InChI=1S/C38H30N6/c1-9-39-10-2-23(1)31-32(24-3-11-40-12-4-24)36-28-18-30(22-44-20-28)38-34(26-7-15-42-16-8-26)33(25-5-13-41-14-6-25)37(38)29-17-27(35(31)36)19-43-21-29/h1-22,31-38H/t31-,32+,33+,34-,35+,36-,37-,38+. The van der Waals surface area contributed by atoms with Crippen LogP contribution in [0.4, 0.5) is 0 Å². The molecular formula is C38H30N6. The van der Waals surface area contributed by atoms with Crippen molar-refractivity contribution in [2.75, 3.05) is 0 Å². The van der Waals surface area contributed by atoms with Crippen molar-refractivity contribution >= 4 is 0 Å².